The van der Waals surface area contributed by atoms with Crippen LogP contribution in [-0.2, 0) is 0 Å². The van der Waals surface area contributed by atoms with Crippen molar-refractivity contribution in [3.05, 3.63) is 30.3 Å². The number of para-hydroxylation sites is 1. The van der Waals surface area contributed by atoms with Crippen molar-refractivity contribution in [2.24, 2.45) is 0 Å². The third kappa shape index (κ3) is 2.46. The Kier molecular flexibility index (Phi) is 3.52. The predicted molar refractivity (Wildman–Crippen MR) is 63.3 cm³/mol. The van der Waals surface area contributed by atoms with E-state index in [0.717, 1.165) is 0 Å². The maximum Gasteiger partial charge on any atom is 0.419 e. The summed E-state index contributed by atoms with van der Waals surface area (Å²) < 4.78 is 39.0. The minimum Gasteiger partial charge on any atom is -0.379 e. The average molecular weight is 259 g/mol. The molecule has 2 N–H and O–H groups in total. The van der Waals surface area contributed by atoms with Gasteiger partial charge in [0.25, 0.3) is 0 Å². The van der Waals surface area contributed by atoms with Crippen LogP contribution in [0.2, 0.25) is 0 Å². The van der Waals surface area contributed by atoms with Crippen LogP contribution in [0.3, 0.4) is 0 Å². The highest BCUT2D eigenvalue weighted by Gasteiger charge is 2.59. The lowest BCUT2D eigenvalue weighted by Crippen LogP contribution is -2.58. The molecule has 0 spiro atoms. The van der Waals surface area contributed by atoms with Gasteiger partial charge in [0.1, 0.15) is 0 Å². The summed E-state index contributed by atoms with van der Waals surface area (Å²) in [4.78, 5) is 0. The molecule has 5 heteroatoms. The minimum absolute atomic E-state index is 0.235. The quantitative estimate of drug-likeness (QED) is 0.853. The third-order valence-corrected chi connectivity index (χ3v) is 3.48. The molecular formula is C13H16F3NO. The summed E-state index contributed by atoms with van der Waals surface area (Å²) in [5.74, 6) is 0. The summed E-state index contributed by atoms with van der Waals surface area (Å²) in [7, 11) is 0. The summed E-state index contributed by atoms with van der Waals surface area (Å²) in [5, 5.41) is 12.7. The third-order valence-electron chi connectivity index (χ3n) is 3.48. The van der Waals surface area contributed by atoms with Crippen LogP contribution >= 0.6 is 0 Å². The summed E-state index contributed by atoms with van der Waals surface area (Å²) in [6.07, 6.45) is -3.41. The zero-order valence-corrected chi connectivity index (χ0v) is 9.87. The van der Waals surface area contributed by atoms with Crippen LogP contribution in [0.25, 0.3) is 0 Å². The first-order valence-electron chi connectivity index (χ1n) is 6.04. The first-order chi connectivity index (χ1) is 8.43. The van der Waals surface area contributed by atoms with Gasteiger partial charge in [-0.25, -0.2) is 0 Å². The average Bonchev–Trinajstić information content (AvgIpc) is 2.32. The van der Waals surface area contributed by atoms with Gasteiger partial charge in [0.15, 0.2) is 5.60 Å². The molecule has 0 saturated heterocycles. The topological polar surface area (TPSA) is 32.3 Å². The molecule has 18 heavy (non-hydrogen) atoms. The number of rotatable bonds is 2. The first-order valence-corrected chi connectivity index (χ1v) is 6.04. The van der Waals surface area contributed by atoms with E-state index in [1.165, 1.54) is 0 Å². The molecule has 0 heterocycles. The van der Waals surface area contributed by atoms with E-state index in [9.17, 15) is 18.3 Å². The van der Waals surface area contributed by atoms with Gasteiger partial charge in [0.2, 0.25) is 0 Å². The van der Waals surface area contributed by atoms with Crippen molar-refractivity contribution >= 4 is 5.69 Å². The van der Waals surface area contributed by atoms with Crippen molar-refractivity contribution in [1.29, 1.82) is 0 Å². The van der Waals surface area contributed by atoms with Gasteiger partial charge in [-0.15, -0.1) is 0 Å². The van der Waals surface area contributed by atoms with Crippen molar-refractivity contribution in [3.8, 4) is 0 Å². The maximum absolute atomic E-state index is 13.0. The van der Waals surface area contributed by atoms with E-state index in [-0.39, 0.29) is 6.42 Å². The Morgan fingerprint density at radius 3 is 2.44 bits per heavy atom. The summed E-state index contributed by atoms with van der Waals surface area (Å²) in [5.41, 5.74) is -2.02. The van der Waals surface area contributed by atoms with Gasteiger partial charge < -0.3 is 10.4 Å². The molecule has 100 valence electrons. The van der Waals surface area contributed by atoms with Crippen molar-refractivity contribution < 1.29 is 18.3 Å². The number of hydrogen-bond acceptors (Lipinski definition) is 2. The monoisotopic (exact) mass is 259 g/mol. The fourth-order valence-corrected chi connectivity index (χ4v) is 2.42. The lowest BCUT2D eigenvalue weighted by atomic mass is 9.79. The highest BCUT2D eigenvalue weighted by atomic mass is 19.4. The zero-order valence-electron chi connectivity index (χ0n) is 9.87. The van der Waals surface area contributed by atoms with Crippen LogP contribution in [0.15, 0.2) is 30.3 Å². The van der Waals surface area contributed by atoms with Gasteiger partial charge in [-0.3, -0.25) is 0 Å². The number of nitrogens with one attached hydrogen (secondary N) is 1. The Labute approximate surface area is 104 Å². The summed E-state index contributed by atoms with van der Waals surface area (Å²) in [6.45, 7) is 0. The number of aliphatic hydroxyl groups is 1. The second kappa shape index (κ2) is 4.80. The van der Waals surface area contributed by atoms with Crippen LogP contribution in [0, 0.1) is 0 Å². The minimum atomic E-state index is -4.60. The van der Waals surface area contributed by atoms with E-state index < -0.39 is 17.8 Å². The van der Waals surface area contributed by atoms with Gasteiger partial charge in [-0.1, -0.05) is 31.0 Å². The van der Waals surface area contributed by atoms with Gasteiger partial charge in [0.05, 0.1) is 6.04 Å². The SMILES string of the molecule is O[C@]1(C(F)(F)F)CCCC[C@H]1Nc1ccccc1. The molecule has 1 aromatic carbocycles. The normalized spacial score (nSPS) is 29.0. The molecule has 1 aliphatic carbocycles. The van der Waals surface area contributed by atoms with Crippen LogP contribution in [0.1, 0.15) is 25.7 Å². The van der Waals surface area contributed by atoms with Crippen molar-refractivity contribution in [3.63, 3.8) is 0 Å². The fourth-order valence-electron chi connectivity index (χ4n) is 2.42. The van der Waals surface area contributed by atoms with Crippen LogP contribution in [0.4, 0.5) is 18.9 Å². The Bertz CT molecular complexity index is 393. The second-order valence-electron chi connectivity index (χ2n) is 4.73. The Balaban J connectivity index is 2.19. The fraction of sp³-hybridized carbons (Fsp3) is 0.538. The van der Waals surface area contributed by atoms with Gasteiger partial charge >= 0.3 is 6.18 Å². The molecule has 2 atom stereocenters. The van der Waals surface area contributed by atoms with Crippen molar-refractivity contribution in [2.45, 2.75) is 43.5 Å². The Hall–Kier alpha value is -1.23. The number of halogens is 3. The predicted octanol–water partition coefficient (Wildman–Crippen LogP) is 3.33. The lowest BCUT2D eigenvalue weighted by molar-refractivity contribution is -0.272. The maximum atomic E-state index is 13.0. The largest absolute Gasteiger partial charge is 0.419 e. The van der Waals surface area contributed by atoms with Crippen LogP contribution in [-0.4, -0.2) is 22.9 Å². The second-order valence-corrected chi connectivity index (χ2v) is 4.73. The Morgan fingerprint density at radius 2 is 1.83 bits per heavy atom. The molecule has 0 bridgehead atoms. The molecule has 1 saturated carbocycles. The van der Waals surface area contributed by atoms with Crippen molar-refractivity contribution in [1.82, 2.24) is 0 Å². The van der Waals surface area contributed by atoms with Gasteiger partial charge in [-0.2, -0.15) is 13.2 Å². The molecule has 0 aromatic heterocycles. The molecular weight excluding hydrogens is 243 g/mol. The van der Waals surface area contributed by atoms with Gasteiger partial charge in [0, 0.05) is 5.69 Å². The lowest BCUT2D eigenvalue weighted by Gasteiger charge is -2.41. The molecule has 1 aliphatic rings. The van der Waals surface area contributed by atoms with E-state index in [4.69, 9.17) is 0 Å². The van der Waals surface area contributed by atoms with E-state index in [1.54, 1.807) is 30.3 Å². The number of benzene rings is 1. The highest BCUT2D eigenvalue weighted by molar-refractivity contribution is 5.44. The molecule has 1 fully saturated rings. The molecule has 2 rings (SSSR count). The number of anilines is 1. The summed E-state index contributed by atoms with van der Waals surface area (Å²) >= 11 is 0. The standard InChI is InChI=1S/C13H16F3NO/c14-13(15,16)12(18)9-5-4-8-11(12)17-10-6-2-1-3-7-10/h1-3,6-7,11,17-18H,4-5,8-9H2/t11-,12-/m1/s1. The molecule has 2 nitrogen and oxygen atoms in total. The van der Waals surface area contributed by atoms with Crippen molar-refractivity contribution in [2.75, 3.05) is 5.32 Å². The summed E-state index contributed by atoms with van der Waals surface area (Å²) in [6, 6.07) is 7.71. The molecule has 0 radical (unpaired) electrons. The smallest absolute Gasteiger partial charge is 0.379 e. The van der Waals surface area contributed by atoms with Crippen LogP contribution in [0.5, 0.6) is 0 Å². The van der Waals surface area contributed by atoms with E-state index in [1.807, 2.05) is 0 Å². The zero-order chi connectivity index (χ0) is 13.2. The van der Waals surface area contributed by atoms with E-state index in [0.29, 0.717) is 24.9 Å². The number of alkyl halides is 3. The molecule has 1 aromatic rings. The Morgan fingerprint density at radius 1 is 1.17 bits per heavy atom. The van der Waals surface area contributed by atoms with E-state index >= 15 is 0 Å². The molecule has 0 unspecified atom stereocenters. The molecule has 0 amide bonds. The van der Waals surface area contributed by atoms with E-state index in [2.05, 4.69) is 5.32 Å². The van der Waals surface area contributed by atoms with Crippen LogP contribution < -0.4 is 5.32 Å². The number of hydrogen-bond donors (Lipinski definition) is 2. The van der Waals surface area contributed by atoms with Gasteiger partial charge in [-0.05, 0) is 25.0 Å². The first kappa shape index (κ1) is 13.2. The highest BCUT2D eigenvalue weighted by Crippen LogP contribution is 2.42. The molecule has 0 aliphatic heterocycles.